The van der Waals surface area contributed by atoms with Crippen molar-refractivity contribution in [3.8, 4) is 28.4 Å². The average molecular weight is 230 g/mol. The molecule has 0 fully saturated rings. The molecule has 0 aliphatic carbocycles. The summed E-state index contributed by atoms with van der Waals surface area (Å²) in [5.74, 6) is -1.13. The van der Waals surface area contributed by atoms with E-state index in [4.69, 9.17) is 0 Å². The normalized spacial score (nSPS) is 10.5. The van der Waals surface area contributed by atoms with Crippen molar-refractivity contribution < 1.29 is 15.3 Å². The monoisotopic (exact) mass is 230 g/mol. The highest BCUT2D eigenvalue weighted by Gasteiger charge is 2.09. The van der Waals surface area contributed by atoms with Crippen LogP contribution >= 0.6 is 0 Å². The van der Waals surface area contributed by atoms with Crippen molar-refractivity contribution in [3.05, 3.63) is 41.5 Å². The molecule has 2 aromatic carbocycles. The van der Waals surface area contributed by atoms with Gasteiger partial charge in [-0.3, -0.25) is 0 Å². The van der Waals surface area contributed by atoms with E-state index in [1.165, 1.54) is 12.1 Å². The summed E-state index contributed by atoms with van der Waals surface area (Å²) in [4.78, 5) is 0. The van der Waals surface area contributed by atoms with E-state index in [0.717, 1.165) is 16.7 Å². The minimum absolute atomic E-state index is 0.320. The van der Waals surface area contributed by atoms with Gasteiger partial charge in [0.2, 0.25) is 0 Å². The third-order valence-corrected chi connectivity index (χ3v) is 2.62. The second kappa shape index (κ2) is 4.01. The number of aryl methyl sites for hydroxylation is 2. The van der Waals surface area contributed by atoms with Crippen LogP contribution in [0.15, 0.2) is 30.3 Å². The molecule has 0 saturated heterocycles. The first kappa shape index (κ1) is 11.3. The highest BCUT2D eigenvalue weighted by Crippen LogP contribution is 2.39. The molecule has 3 nitrogen and oxygen atoms in total. The Morgan fingerprint density at radius 3 is 1.53 bits per heavy atom. The first-order valence-electron chi connectivity index (χ1n) is 5.31. The molecule has 0 aromatic heterocycles. The van der Waals surface area contributed by atoms with Gasteiger partial charge in [0, 0.05) is 0 Å². The van der Waals surface area contributed by atoms with Gasteiger partial charge in [0.05, 0.1) is 0 Å². The van der Waals surface area contributed by atoms with Crippen LogP contribution in [0.5, 0.6) is 17.2 Å². The molecule has 88 valence electrons. The first-order valence-corrected chi connectivity index (χ1v) is 5.31. The number of benzene rings is 2. The van der Waals surface area contributed by atoms with E-state index in [1.807, 2.05) is 32.0 Å². The number of hydrogen-bond acceptors (Lipinski definition) is 3. The van der Waals surface area contributed by atoms with Gasteiger partial charge in [-0.05, 0) is 37.1 Å². The zero-order valence-electron chi connectivity index (χ0n) is 9.73. The minimum Gasteiger partial charge on any atom is -0.504 e. The Kier molecular flexibility index (Phi) is 2.68. The van der Waals surface area contributed by atoms with Crippen LogP contribution < -0.4 is 0 Å². The molecule has 0 aliphatic rings. The maximum atomic E-state index is 9.47. The summed E-state index contributed by atoms with van der Waals surface area (Å²) in [7, 11) is 0. The molecule has 0 heterocycles. The van der Waals surface area contributed by atoms with Crippen molar-refractivity contribution in [2.45, 2.75) is 13.8 Å². The minimum atomic E-state index is -0.488. The summed E-state index contributed by atoms with van der Waals surface area (Å²) in [5.41, 5.74) is 3.77. The van der Waals surface area contributed by atoms with Crippen LogP contribution in [-0.2, 0) is 0 Å². The van der Waals surface area contributed by atoms with Gasteiger partial charge in [0.25, 0.3) is 0 Å². The highest BCUT2D eigenvalue weighted by atomic mass is 16.3. The lowest BCUT2D eigenvalue weighted by molar-refractivity contribution is 0.368. The Bertz CT molecular complexity index is 530. The van der Waals surface area contributed by atoms with Crippen molar-refractivity contribution >= 4 is 0 Å². The van der Waals surface area contributed by atoms with Crippen LogP contribution in [0, 0.1) is 13.8 Å². The Labute approximate surface area is 99.6 Å². The fourth-order valence-corrected chi connectivity index (χ4v) is 1.91. The van der Waals surface area contributed by atoms with E-state index in [2.05, 4.69) is 0 Å². The van der Waals surface area contributed by atoms with Crippen LogP contribution in [-0.4, -0.2) is 15.3 Å². The molecule has 2 rings (SSSR count). The lowest BCUT2D eigenvalue weighted by Gasteiger charge is -2.08. The predicted molar refractivity (Wildman–Crippen MR) is 66.3 cm³/mol. The third kappa shape index (κ3) is 2.18. The van der Waals surface area contributed by atoms with E-state index < -0.39 is 5.75 Å². The van der Waals surface area contributed by atoms with E-state index in [-0.39, 0.29) is 11.5 Å². The van der Waals surface area contributed by atoms with Gasteiger partial charge in [-0.25, -0.2) is 0 Å². The van der Waals surface area contributed by atoms with Crippen LogP contribution in [0.1, 0.15) is 11.1 Å². The fraction of sp³-hybridized carbons (Fsp3) is 0.143. The molecule has 0 bridgehead atoms. The van der Waals surface area contributed by atoms with E-state index in [0.29, 0.717) is 5.56 Å². The van der Waals surface area contributed by atoms with Gasteiger partial charge in [0.15, 0.2) is 17.2 Å². The molecule has 0 saturated carbocycles. The smallest absolute Gasteiger partial charge is 0.200 e. The Hall–Kier alpha value is -2.16. The van der Waals surface area contributed by atoms with Crippen molar-refractivity contribution in [1.29, 1.82) is 0 Å². The van der Waals surface area contributed by atoms with Gasteiger partial charge < -0.3 is 15.3 Å². The topological polar surface area (TPSA) is 60.7 Å². The molecule has 0 atom stereocenters. The van der Waals surface area contributed by atoms with Gasteiger partial charge in [-0.1, -0.05) is 29.3 Å². The van der Waals surface area contributed by atoms with Gasteiger partial charge in [-0.15, -0.1) is 0 Å². The number of rotatable bonds is 1. The molecule has 0 radical (unpaired) electrons. The lowest BCUT2D eigenvalue weighted by Crippen LogP contribution is -1.83. The van der Waals surface area contributed by atoms with E-state index in [9.17, 15) is 15.3 Å². The predicted octanol–water partition coefficient (Wildman–Crippen LogP) is 3.09. The van der Waals surface area contributed by atoms with Gasteiger partial charge in [0.1, 0.15) is 0 Å². The maximum Gasteiger partial charge on any atom is 0.200 e. The standard InChI is InChI=1S/C14H14O3/c1-8-3-9(2)5-10(4-8)11-6-12(15)14(17)13(16)7-11/h3-7,15-17H,1-2H3. The molecule has 2 aromatic rings. The SMILES string of the molecule is Cc1cc(C)cc(-c2cc(O)c(O)c(O)c2)c1. The summed E-state index contributed by atoms with van der Waals surface area (Å²) in [5, 5.41) is 28.2. The molecular formula is C14H14O3. The molecule has 3 N–H and O–H groups in total. The van der Waals surface area contributed by atoms with Crippen molar-refractivity contribution in [2.24, 2.45) is 0 Å². The van der Waals surface area contributed by atoms with Crippen LogP contribution in [0.4, 0.5) is 0 Å². The zero-order valence-corrected chi connectivity index (χ0v) is 9.73. The van der Waals surface area contributed by atoms with Gasteiger partial charge in [-0.2, -0.15) is 0 Å². The molecule has 3 heteroatoms. The molecule has 0 spiro atoms. The third-order valence-electron chi connectivity index (χ3n) is 2.62. The van der Waals surface area contributed by atoms with Crippen LogP contribution in [0.3, 0.4) is 0 Å². The first-order chi connectivity index (χ1) is 7.97. The lowest BCUT2D eigenvalue weighted by atomic mass is 10.00. The van der Waals surface area contributed by atoms with Gasteiger partial charge >= 0.3 is 0 Å². The number of aromatic hydroxyl groups is 3. The van der Waals surface area contributed by atoms with Crippen molar-refractivity contribution in [1.82, 2.24) is 0 Å². The largest absolute Gasteiger partial charge is 0.504 e. The van der Waals surface area contributed by atoms with E-state index >= 15 is 0 Å². The molecule has 0 aliphatic heterocycles. The summed E-state index contributed by atoms with van der Waals surface area (Å²) >= 11 is 0. The molecule has 0 unspecified atom stereocenters. The maximum absolute atomic E-state index is 9.47. The van der Waals surface area contributed by atoms with Crippen LogP contribution in [0.2, 0.25) is 0 Å². The molecular weight excluding hydrogens is 216 g/mol. The molecule has 17 heavy (non-hydrogen) atoms. The summed E-state index contributed by atoms with van der Waals surface area (Å²) in [6, 6.07) is 8.83. The number of hydrogen-bond donors (Lipinski definition) is 3. The zero-order chi connectivity index (χ0) is 12.6. The fourth-order valence-electron chi connectivity index (χ4n) is 1.91. The average Bonchev–Trinajstić information content (AvgIpc) is 2.23. The number of phenolic OH excluding ortho intramolecular Hbond substituents is 3. The molecule has 0 amide bonds. The Morgan fingerprint density at radius 1 is 0.647 bits per heavy atom. The van der Waals surface area contributed by atoms with E-state index in [1.54, 1.807) is 0 Å². The second-order valence-electron chi connectivity index (χ2n) is 4.24. The second-order valence-corrected chi connectivity index (χ2v) is 4.24. The highest BCUT2D eigenvalue weighted by molar-refractivity contribution is 5.71. The van der Waals surface area contributed by atoms with Crippen molar-refractivity contribution in [3.63, 3.8) is 0 Å². The Balaban J connectivity index is 2.60. The summed E-state index contributed by atoms with van der Waals surface area (Å²) < 4.78 is 0. The van der Waals surface area contributed by atoms with Crippen LogP contribution in [0.25, 0.3) is 11.1 Å². The summed E-state index contributed by atoms with van der Waals surface area (Å²) in [6.07, 6.45) is 0. The van der Waals surface area contributed by atoms with Crippen molar-refractivity contribution in [2.75, 3.05) is 0 Å². The number of phenols is 3. The Morgan fingerprint density at radius 2 is 1.06 bits per heavy atom. The quantitative estimate of drug-likeness (QED) is 0.660. The summed E-state index contributed by atoms with van der Waals surface area (Å²) in [6.45, 7) is 3.97.